The molecular formula is C18H31IN6S. The summed E-state index contributed by atoms with van der Waals surface area (Å²) < 4.78 is 2.05. The minimum absolute atomic E-state index is 0. The van der Waals surface area contributed by atoms with Crippen molar-refractivity contribution in [1.29, 1.82) is 0 Å². The van der Waals surface area contributed by atoms with Crippen molar-refractivity contribution in [2.45, 2.75) is 53.5 Å². The van der Waals surface area contributed by atoms with Crippen LogP contribution in [0.15, 0.2) is 16.4 Å². The van der Waals surface area contributed by atoms with E-state index in [2.05, 4.69) is 62.6 Å². The van der Waals surface area contributed by atoms with Crippen LogP contribution in [0.4, 0.5) is 0 Å². The Balaban J connectivity index is 0.00000338. The molecule has 0 radical (unpaired) electrons. The molecule has 26 heavy (non-hydrogen) atoms. The van der Waals surface area contributed by atoms with E-state index in [0.29, 0.717) is 0 Å². The normalized spacial score (nSPS) is 11.3. The standard InChI is InChI=1S/C18H30N6S.HI/c1-5-17-22-16(13-25-17)8-10-21-18(19-6-2)20-9-7-11-24-15(4)12-14(3)23-24;/h12-13H,5-11H2,1-4H3,(H2,19,20,21);1H. The van der Waals surface area contributed by atoms with Crippen LogP contribution >= 0.6 is 35.3 Å². The number of hydrogen-bond acceptors (Lipinski definition) is 4. The first-order valence-electron chi connectivity index (χ1n) is 9.08. The lowest BCUT2D eigenvalue weighted by molar-refractivity contribution is 0.567. The predicted molar refractivity (Wildman–Crippen MR) is 121 cm³/mol. The van der Waals surface area contributed by atoms with E-state index in [9.17, 15) is 0 Å². The molecule has 8 heteroatoms. The molecule has 2 aromatic rings. The highest BCUT2D eigenvalue weighted by Crippen LogP contribution is 2.10. The molecule has 0 amide bonds. The highest BCUT2D eigenvalue weighted by molar-refractivity contribution is 14.0. The number of nitrogens with zero attached hydrogens (tertiary/aromatic N) is 4. The fourth-order valence-corrected chi connectivity index (χ4v) is 3.37. The monoisotopic (exact) mass is 490 g/mol. The molecule has 6 nitrogen and oxygen atoms in total. The lowest BCUT2D eigenvalue weighted by Gasteiger charge is -2.11. The van der Waals surface area contributed by atoms with Crippen LogP contribution in [0.3, 0.4) is 0 Å². The fraction of sp³-hybridized carbons (Fsp3) is 0.611. The van der Waals surface area contributed by atoms with Crippen molar-refractivity contribution < 1.29 is 0 Å². The topological polar surface area (TPSA) is 67.1 Å². The summed E-state index contributed by atoms with van der Waals surface area (Å²) in [7, 11) is 0. The zero-order chi connectivity index (χ0) is 18.1. The summed E-state index contributed by atoms with van der Waals surface area (Å²) in [5.41, 5.74) is 3.44. The first-order chi connectivity index (χ1) is 12.1. The van der Waals surface area contributed by atoms with Gasteiger partial charge in [-0.2, -0.15) is 5.10 Å². The van der Waals surface area contributed by atoms with Crippen molar-refractivity contribution >= 4 is 41.3 Å². The van der Waals surface area contributed by atoms with E-state index < -0.39 is 0 Å². The second-order valence-electron chi connectivity index (χ2n) is 6.03. The molecule has 0 bridgehead atoms. The first-order valence-corrected chi connectivity index (χ1v) is 9.96. The van der Waals surface area contributed by atoms with Crippen LogP contribution in [0, 0.1) is 13.8 Å². The van der Waals surface area contributed by atoms with Crippen molar-refractivity contribution in [3.05, 3.63) is 33.5 Å². The number of halogens is 1. The molecule has 0 unspecified atom stereocenters. The van der Waals surface area contributed by atoms with Gasteiger partial charge >= 0.3 is 0 Å². The summed E-state index contributed by atoms with van der Waals surface area (Å²) in [6.45, 7) is 11.7. The van der Waals surface area contributed by atoms with Gasteiger partial charge in [0.1, 0.15) is 0 Å². The van der Waals surface area contributed by atoms with Gasteiger partial charge in [0.05, 0.1) is 16.4 Å². The zero-order valence-corrected chi connectivity index (χ0v) is 19.4. The summed E-state index contributed by atoms with van der Waals surface area (Å²) in [5.74, 6) is 0.877. The quantitative estimate of drug-likeness (QED) is 0.245. The third-order valence-electron chi connectivity index (χ3n) is 3.82. The average Bonchev–Trinajstić information content (AvgIpc) is 3.17. The first kappa shape index (κ1) is 22.9. The summed E-state index contributed by atoms with van der Waals surface area (Å²) in [5, 5.41) is 14.5. The Hall–Kier alpha value is -1.16. The maximum atomic E-state index is 4.65. The fourth-order valence-electron chi connectivity index (χ4n) is 2.59. The Bertz CT molecular complexity index is 679. The van der Waals surface area contributed by atoms with Crippen LogP contribution in [0.5, 0.6) is 0 Å². The van der Waals surface area contributed by atoms with Gasteiger partial charge < -0.3 is 10.6 Å². The van der Waals surface area contributed by atoms with Crippen molar-refractivity contribution in [3.8, 4) is 0 Å². The number of thiazole rings is 1. The maximum absolute atomic E-state index is 4.65. The Morgan fingerprint density at radius 1 is 1.27 bits per heavy atom. The SMILES string of the molecule is CCNC(=NCCCn1nc(C)cc1C)NCCc1csc(CC)n1.I. The van der Waals surface area contributed by atoms with Crippen LogP contribution in [0.1, 0.15) is 42.4 Å². The van der Waals surface area contributed by atoms with Gasteiger partial charge in [-0.15, -0.1) is 35.3 Å². The summed E-state index contributed by atoms with van der Waals surface area (Å²) in [6.07, 6.45) is 2.91. The lowest BCUT2D eigenvalue weighted by Crippen LogP contribution is -2.38. The smallest absolute Gasteiger partial charge is 0.191 e. The number of nitrogens with one attached hydrogen (secondary N) is 2. The third-order valence-corrected chi connectivity index (χ3v) is 4.86. The second kappa shape index (κ2) is 12.3. The van der Waals surface area contributed by atoms with E-state index in [1.165, 1.54) is 10.7 Å². The highest BCUT2D eigenvalue weighted by atomic mass is 127. The summed E-state index contributed by atoms with van der Waals surface area (Å²) in [6, 6.07) is 2.11. The predicted octanol–water partition coefficient (Wildman–Crippen LogP) is 3.32. The minimum Gasteiger partial charge on any atom is -0.357 e. The van der Waals surface area contributed by atoms with Crippen LogP contribution in [0.2, 0.25) is 0 Å². The molecule has 146 valence electrons. The second-order valence-corrected chi connectivity index (χ2v) is 6.97. The molecule has 2 aromatic heterocycles. The molecule has 0 saturated heterocycles. The molecule has 0 saturated carbocycles. The average molecular weight is 490 g/mol. The number of aliphatic imine (C=N–C) groups is 1. The molecule has 0 fully saturated rings. The molecule has 0 aliphatic heterocycles. The number of aryl methyl sites for hydroxylation is 4. The van der Waals surface area contributed by atoms with Crippen molar-refractivity contribution in [2.24, 2.45) is 4.99 Å². The van der Waals surface area contributed by atoms with Gasteiger partial charge in [-0.1, -0.05) is 6.92 Å². The molecule has 2 N–H and O–H groups in total. The van der Waals surface area contributed by atoms with E-state index in [1.54, 1.807) is 11.3 Å². The Morgan fingerprint density at radius 3 is 2.69 bits per heavy atom. The number of hydrogen-bond donors (Lipinski definition) is 2. The Kier molecular flexibility index (Phi) is 10.8. The minimum atomic E-state index is 0. The van der Waals surface area contributed by atoms with Gasteiger partial charge in [0.15, 0.2) is 5.96 Å². The van der Waals surface area contributed by atoms with Crippen LogP contribution in [0.25, 0.3) is 0 Å². The molecule has 2 rings (SSSR count). The van der Waals surface area contributed by atoms with Crippen molar-refractivity contribution in [2.75, 3.05) is 19.6 Å². The number of rotatable bonds is 9. The zero-order valence-electron chi connectivity index (χ0n) is 16.2. The number of aromatic nitrogens is 3. The van der Waals surface area contributed by atoms with Crippen LogP contribution in [-0.4, -0.2) is 40.4 Å². The van der Waals surface area contributed by atoms with Crippen molar-refractivity contribution in [1.82, 2.24) is 25.4 Å². The molecule has 0 aliphatic carbocycles. The van der Waals surface area contributed by atoms with Gasteiger partial charge in [0.2, 0.25) is 0 Å². The molecule has 0 aliphatic rings. The van der Waals surface area contributed by atoms with Gasteiger partial charge in [-0.05, 0) is 39.7 Å². The molecule has 0 atom stereocenters. The van der Waals surface area contributed by atoms with Gasteiger partial charge in [0.25, 0.3) is 0 Å². The van der Waals surface area contributed by atoms with E-state index in [4.69, 9.17) is 0 Å². The van der Waals surface area contributed by atoms with E-state index in [-0.39, 0.29) is 24.0 Å². The molecule has 2 heterocycles. The molecule has 0 aromatic carbocycles. The van der Waals surface area contributed by atoms with Crippen LogP contribution < -0.4 is 10.6 Å². The van der Waals surface area contributed by atoms with Crippen molar-refractivity contribution in [3.63, 3.8) is 0 Å². The molecular weight excluding hydrogens is 459 g/mol. The summed E-state index contributed by atoms with van der Waals surface area (Å²) >= 11 is 1.74. The highest BCUT2D eigenvalue weighted by Gasteiger charge is 2.03. The third kappa shape index (κ3) is 7.61. The summed E-state index contributed by atoms with van der Waals surface area (Å²) in [4.78, 5) is 9.25. The maximum Gasteiger partial charge on any atom is 0.191 e. The number of guanidine groups is 1. The lowest BCUT2D eigenvalue weighted by atomic mass is 10.3. The van der Waals surface area contributed by atoms with Gasteiger partial charge in [-0.25, -0.2) is 4.98 Å². The van der Waals surface area contributed by atoms with Gasteiger partial charge in [-0.3, -0.25) is 9.67 Å². The van der Waals surface area contributed by atoms with Gasteiger partial charge in [0, 0.05) is 43.7 Å². The van der Waals surface area contributed by atoms with E-state index in [0.717, 1.165) is 62.8 Å². The largest absolute Gasteiger partial charge is 0.357 e. The van der Waals surface area contributed by atoms with E-state index in [1.807, 2.05) is 6.92 Å². The van der Waals surface area contributed by atoms with Crippen LogP contribution in [-0.2, 0) is 19.4 Å². The Labute approximate surface area is 177 Å². The van der Waals surface area contributed by atoms with E-state index >= 15 is 0 Å². The Morgan fingerprint density at radius 2 is 2.08 bits per heavy atom. The molecule has 0 spiro atoms.